The summed E-state index contributed by atoms with van der Waals surface area (Å²) in [5.41, 5.74) is 4.72. The minimum Gasteiger partial charge on any atom is -0.444 e. The second-order valence-electron chi connectivity index (χ2n) is 5.20. The van der Waals surface area contributed by atoms with Crippen molar-refractivity contribution in [2.75, 3.05) is 24.1 Å². The highest BCUT2D eigenvalue weighted by molar-refractivity contribution is 5.67. The van der Waals surface area contributed by atoms with Crippen molar-refractivity contribution in [1.29, 1.82) is 0 Å². The van der Waals surface area contributed by atoms with Crippen LogP contribution in [0, 0.1) is 0 Å². The zero-order valence-corrected chi connectivity index (χ0v) is 11.9. The molecule has 8 nitrogen and oxygen atoms in total. The van der Waals surface area contributed by atoms with Crippen molar-refractivity contribution in [3.05, 3.63) is 16.7 Å². The molecule has 112 valence electrons. The molecule has 0 atom stereocenters. The fraction of sp³-hybridized carbons (Fsp3) is 0.583. The molecule has 1 rings (SSSR count). The lowest BCUT2D eigenvalue weighted by molar-refractivity contribution is 0.0528. The summed E-state index contributed by atoms with van der Waals surface area (Å²) in [7, 11) is 0. The maximum atomic E-state index is 11.4. The number of amides is 1. The SMILES string of the molecule is CC(C)(C)OC(=O)NCCCNc1nc[nH]c(=O)c1N. The van der Waals surface area contributed by atoms with E-state index in [9.17, 15) is 9.59 Å². The zero-order chi connectivity index (χ0) is 15.2. The third kappa shape index (κ3) is 5.59. The zero-order valence-electron chi connectivity index (χ0n) is 11.9. The number of nitrogens with one attached hydrogen (secondary N) is 3. The van der Waals surface area contributed by atoms with Gasteiger partial charge < -0.3 is 26.1 Å². The van der Waals surface area contributed by atoms with Gasteiger partial charge in [-0.2, -0.15) is 0 Å². The molecule has 0 saturated heterocycles. The van der Waals surface area contributed by atoms with Crippen molar-refractivity contribution in [1.82, 2.24) is 15.3 Å². The lowest BCUT2D eigenvalue weighted by atomic mass is 10.2. The molecule has 0 spiro atoms. The van der Waals surface area contributed by atoms with Crippen molar-refractivity contribution in [3.63, 3.8) is 0 Å². The Labute approximate surface area is 117 Å². The number of rotatable bonds is 5. The fourth-order valence-corrected chi connectivity index (χ4v) is 1.35. The minimum absolute atomic E-state index is 0.0487. The van der Waals surface area contributed by atoms with E-state index in [2.05, 4.69) is 20.6 Å². The molecule has 0 aliphatic carbocycles. The second kappa shape index (κ2) is 6.78. The number of hydrogen-bond donors (Lipinski definition) is 4. The number of aromatic nitrogens is 2. The number of nitrogen functional groups attached to an aromatic ring is 1. The largest absolute Gasteiger partial charge is 0.444 e. The number of ether oxygens (including phenoxy) is 1. The second-order valence-corrected chi connectivity index (χ2v) is 5.20. The molecule has 1 aromatic heterocycles. The summed E-state index contributed by atoms with van der Waals surface area (Å²) in [6.45, 7) is 6.38. The molecular formula is C12H21N5O3. The fourth-order valence-electron chi connectivity index (χ4n) is 1.35. The maximum absolute atomic E-state index is 11.4. The topological polar surface area (TPSA) is 122 Å². The van der Waals surface area contributed by atoms with Crippen LogP contribution in [-0.4, -0.2) is 34.8 Å². The van der Waals surface area contributed by atoms with Gasteiger partial charge in [0.25, 0.3) is 5.56 Å². The Bertz CT molecular complexity index is 507. The summed E-state index contributed by atoms with van der Waals surface area (Å²) in [5.74, 6) is 0.339. The van der Waals surface area contributed by atoms with Crippen LogP contribution < -0.4 is 21.9 Å². The van der Waals surface area contributed by atoms with E-state index < -0.39 is 11.7 Å². The summed E-state index contributed by atoms with van der Waals surface area (Å²) in [5, 5.41) is 5.56. The summed E-state index contributed by atoms with van der Waals surface area (Å²) in [6, 6.07) is 0. The normalized spacial score (nSPS) is 10.9. The highest BCUT2D eigenvalue weighted by Gasteiger charge is 2.15. The summed E-state index contributed by atoms with van der Waals surface area (Å²) >= 11 is 0. The van der Waals surface area contributed by atoms with Crippen molar-refractivity contribution >= 4 is 17.6 Å². The first kappa shape index (κ1) is 15.8. The molecule has 0 aromatic carbocycles. The highest BCUT2D eigenvalue weighted by atomic mass is 16.6. The van der Waals surface area contributed by atoms with Crippen molar-refractivity contribution < 1.29 is 9.53 Å². The number of alkyl carbamates (subject to hydrolysis) is 1. The van der Waals surface area contributed by atoms with Gasteiger partial charge in [-0.15, -0.1) is 0 Å². The predicted molar refractivity (Wildman–Crippen MR) is 76.6 cm³/mol. The van der Waals surface area contributed by atoms with Crippen LogP contribution in [0.1, 0.15) is 27.2 Å². The average molecular weight is 283 g/mol. The minimum atomic E-state index is -0.508. The van der Waals surface area contributed by atoms with Gasteiger partial charge in [0.2, 0.25) is 0 Å². The van der Waals surface area contributed by atoms with Crippen LogP contribution in [0.25, 0.3) is 0 Å². The van der Waals surface area contributed by atoms with Gasteiger partial charge in [0, 0.05) is 13.1 Å². The molecule has 1 aromatic rings. The quantitative estimate of drug-likeness (QED) is 0.589. The average Bonchev–Trinajstić information content (AvgIpc) is 2.31. The standard InChI is InChI=1S/C12H21N5O3/c1-12(2,3)20-11(19)15-6-4-5-14-9-8(13)10(18)17-7-16-9/h7H,4-6,13H2,1-3H3,(H,15,19)(H2,14,16,17,18). The van der Waals surface area contributed by atoms with Gasteiger partial charge in [-0.1, -0.05) is 0 Å². The van der Waals surface area contributed by atoms with E-state index >= 15 is 0 Å². The van der Waals surface area contributed by atoms with Crippen LogP contribution >= 0.6 is 0 Å². The van der Waals surface area contributed by atoms with Gasteiger partial charge in [-0.3, -0.25) is 4.79 Å². The van der Waals surface area contributed by atoms with E-state index in [4.69, 9.17) is 10.5 Å². The van der Waals surface area contributed by atoms with E-state index in [-0.39, 0.29) is 11.2 Å². The predicted octanol–water partition coefficient (Wildman–Crippen LogP) is 0.679. The summed E-state index contributed by atoms with van der Waals surface area (Å²) < 4.78 is 5.09. The summed E-state index contributed by atoms with van der Waals surface area (Å²) in [4.78, 5) is 28.9. The Balaban J connectivity index is 2.24. The number of anilines is 2. The first-order chi connectivity index (χ1) is 9.29. The van der Waals surface area contributed by atoms with Crippen LogP contribution in [0.4, 0.5) is 16.3 Å². The first-order valence-corrected chi connectivity index (χ1v) is 6.33. The molecule has 20 heavy (non-hydrogen) atoms. The Morgan fingerprint density at radius 1 is 1.45 bits per heavy atom. The number of carbonyl (C=O) groups excluding carboxylic acids is 1. The van der Waals surface area contributed by atoms with Crippen molar-refractivity contribution in [3.8, 4) is 0 Å². The molecule has 0 bridgehead atoms. The number of nitrogens with zero attached hydrogens (tertiary/aromatic N) is 1. The number of aromatic amines is 1. The van der Waals surface area contributed by atoms with Gasteiger partial charge in [0.05, 0.1) is 6.33 Å². The molecule has 1 amide bonds. The van der Waals surface area contributed by atoms with Crippen molar-refractivity contribution in [2.45, 2.75) is 32.8 Å². The Morgan fingerprint density at radius 3 is 2.80 bits per heavy atom. The summed E-state index contributed by atoms with van der Waals surface area (Å²) in [6.07, 6.45) is 1.47. The van der Waals surface area contributed by atoms with Crippen molar-refractivity contribution in [2.24, 2.45) is 0 Å². The van der Waals surface area contributed by atoms with Crippen LogP contribution in [0.5, 0.6) is 0 Å². The Kier molecular flexibility index (Phi) is 5.36. The molecule has 8 heteroatoms. The third-order valence-corrected chi connectivity index (χ3v) is 2.20. The van der Waals surface area contributed by atoms with E-state index in [1.165, 1.54) is 6.33 Å². The molecule has 0 radical (unpaired) electrons. The number of carbonyl (C=O) groups is 1. The Hall–Kier alpha value is -2.25. The van der Waals surface area contributed by atoms with E-state index in [1.807, 2.05) is 0 Å². The smallest absolute Gasteiger partial charge is 0.407 e. The lowest BCUT2D eigenvalue weighted by Crippen LogP contribution is -2.33. The monoisotopic (exact) mass is 283 g/mol. The van der Waals surface area contributed by atoms with Gasteiger partial charge >= 0.3 is 6.09 Å². The molecule has 1 heterocycles. The highest BCUT2D eigenvalue weighted by Crippen LogP contribution is 2.07. The third-order valence-electron chi connectivity index (χ3n) is 2.20. The van der Waals surface area contributed by atoms with E-state index in [0.29, 0.717) is 25.3 Å². The maximum Gasteiger partial charge on any atom is 0.407 e. The number of hydrogen-bond acceptors (Lipinski definition) is 6. The molecule has 5 N–H and O–H groups in total. The van der Waals surface area contributed by atoms with E-state index in [0.717, 1.165) is 0 Å². The van der Waals surface area contributed by atoms with Gasteiger partial charge in [-0.05, 0) is 27.2 Å². The van der Waals surface area contributed by atoms with Crippen LogP contribution in [0.3, 0.4) is 0 Å². The van der Waals surface area contributed by atoms with Crippen LogP contribution in [0.2, 0.25) is 0 Å². The molecule has 0 fully saturated rings. The molecule has 0 aliphatic rings. The number of nitrogens with two attached hydrogens (primary N) is 1. The Morgan fingerprint density at radius 2 is 2.15 bits per heavy atom. The molecule has 0 unspecified atom stereocenters. The van der Waals surface area contributed by atoms with E-state index in [1.54, 1.807) is 20.8 Å². The van der Waals surface area contributed by atoms with Gasteiger partial charge in [-0.25, -0.2) is 9.78 Å². The molecule has 0 saturated carbocycles. The lowest BCUT2D eigenvalue weighted by Gasteiger charge is -2.19. The molecule has 0 aliphatic heterocycles. The van der Waals surface area contributed by atoms with Crippen LogP contribution in [0.15, 0.2) is 11.1 Å². The van der Waals surface area contributed by atoms with Crippen LogP contribution in [-0.2, 0) is 4.74 Å². The van der Waals surface area contributed by atoms with Gasteiger partial charge in [0.1, 0.15) is 11.3 Å². The molecular weight excluding hydrogens is 262 g/mol. The van der Waals surface area contributed by atoms with Gasteiger partial charge in [0.15, 0.2) is 5.82 Å². The first-order valence-electron chi connectivity index (χ1n) is 6.33. The number of H-pyrrole nitrogens is 1.